The van der Waals surface area contributed by atoms with Gasteiger partial charge in [-0.15, -0.1) is 12.4 Å². The fourth-order valence-electron chi connectivity index (χ4n) is 4.97. The van der Waals surface area contributed by atoms with Crippen molar-refractivity contribution in [2.24, 2.45) is 0 Å². The molecular formula is C31H34ClFN4. The maximum atomic E-state index is 14.7. The fraction of sp³-hybridized carbons (Fsp3) is 0.290. The number of aromatic nitrogens is 2. The van der Waals surface area contributed by atoms with E-state index in [0.29, 0.717) is 12.4 Å². The first-order valence-electron chi connectivity index (χ1n) is 12.9. The fourth-order valence-corrected chi connectivity index (χ4v) is 4.97. The van der Waals surface area contributed by atoms with Crippen molar-refractivity contribution < 1.29 is 4.39 Å². The van der Waals surface area contributed by atoms with Crippen LogP contribution in [0.4, 0.5) is 16.0 Å². The molecule has 1 heterocycles. The van der Waals surface area contributed by atoms with Crippen LogP contribution in [0, 0.1) is 5.82 Å². The highest BCUT2D eigenvalue weighted by molar-refractivity contribution is 5.85. The van der Waals surface area contributed by atoms with E-state index < -0.39 is 0 Å². The maximum Gasteiger partial charge on any atom is 0.227 e. The van der Waals surface area contributed by atoms with E-state index >= 15 is 0 Å². The molecule has 1 aliphatic carbocycles. The summed E-state index contributed by atoms with van der Waals surface area (Å²) in [5.74, 6) is 0.349. The summed E-state index contributed by atoms with van der Waals surface area (Å²) in [6.45, 7) is 4.44. The number of unbranched alkanes of at least 4 members (excludes halogenated alkanes) is 1. The molecular weight excluding hydrogens is 483 g/mol. The van der Waals surface area contributed by atoms with Gasteiger partial charge in [-0.05, 0) is 73.3 Å². The minimum Gasteiger partial charge on any atom is -0.324 e. The number of hydrogen-bond donors (Lipinski definition) is 1. The zero-order chi connectivity index (χ0) is 24.9. The molecule has 5 rings (SSSR count). The maximum absolute atomic E-state index is 14.7. The molecule has 1 N–H and O–H groups in total. The number of fused-ring (bicyclic) bond motifs is 3. The van der Waals surface area contributed by atoms with Crippen molar-refractivity contribution in [2.45, 2.75) is 38.5 Å². The molecule has 0 saturated heterocycles. The molecule has 0 bridgehead atoms. The van der Waals surface area contributed by atoms with Crippen LogP contribution in [0.25, 0.3) is 11.3 Å². The van der Waals surface area contributed by atoms with Crippen LogP contribution in [-0.2, 0) is 12.8 Å². The highest BCUT2D eigenvalue weighted by Crippen LogP contribution is 2.42. The average Bonchev–Trinajstić information content (AvgIpc) is 2.91. The van der Waals surface area contributed by atoms with Gasteiger partial charge in [0, 0.05) is 29.9 Å². The average molecular weight is 517 g/mol. The summed E-state index contributed by atoms with van der Waals surface area (Å²) in [5.41, 5.74) is 7.11. The number of benzene rings is 3. The summed E-state index contributed by atoms with van der Waals surface area (Å²) >= 11 is 0. The third-order valence-electron chi connectivity index (χ3n) is 7.05. The Bertz CT molecular complexity index is 1330. The second-order valence-corrected chi connectivity index (χ2v) is 9.66. The second-order valence-electron chi connectivity index (χ2n) is 9.66. The lowest BCUT2D eigenvalue weighted by Crippen LogP contribution is -2.22. The molecule has 1 aliphatic rings. The van der Waals surface area contributed by atoms with Crippen LogP contribution in [0.3, 0.4) is 0 Å². The van der Waals surface area contributed by atoms with Gasteiger partial charge in [0.25, 0.3) is 0 Å². The van der Waals surface area contributed by atoms with Gasteiger partial charge in [-0.2, -0.15) is 0 Å². The van der Waals surface area contributed by atoms with Crippen LogP contribution < -0.4 is 5.32 Å². The Hall–Kier alpha value is -3.28. The zero-order valence-corrected chi connectivity index (χ0v) is 22.3. The minimum atomic E-state index is -0.170. The third kappa shape index (κ3) is 6.17. The van der Waals surface area contributed by atoms with Gasteiger partial charge in [0.15, 0.2) is 0 Å². The summed E-state index contributed by atoms with van der Waals surface area (Å²) in [6.07, 6.45) is 6.07. The van der Waals surface area contributed by atoms with E-state index in [1.165, 1.54) is 24.5 Å². The Morgan fingerprint density at radius 3 is 2.43 bits per heavy atom. The Balaban J connectivity index is 0.00000320. The van der Waals surface area contributed by atoms with Crippen LogP contribution >= 0.6 is 12.4 Å². The lowest BCUT2D eigenvalue weighted by molar-refractivity contribution is 0.332. The third-order valence-corrected chi connectivity index (χ3v) is 7.05. The molecule has 0 amide bonds. The normalized spacial score (nSPS) is 14.0. The Morgan fingerprint density at radius 1 is 0.946 bits per heavy atom. The van der Waals surface area contributed by atoms with E-state index in [-0.39, 0.29) is 24.1 Å². The summed E-state index contributed by atoms with van der Waals surface area (Å²) in [7, 11) is 2.19. The molecule has 192 valence electrons. The van der Waals surface area contributed by atoms with Crippen LogP contribution in [0.5, 0.6) is 0 Å². The SMILES string of the molecule is CCCCN(C)CCc1ccc(Nc2ncc3c(n2)-c2ccccc2C(c2ccccc2F)C3)cc1.Cl. The van der Waals surface area contributed by atoms with E-state index in [4.69, 9.17) is 4.98 Å². The van der Waals surface area contributed by atoms with E-state index in [1.807, 2.05) is 30.5 Å². The van der Waals surface area contributed by atoms with E-state index in [9.17, 15) is 4.39 Å². The highest BCUT2D eigenvalue weighted by Gasteiger charge is 2.28. The molecule has 4 nitrogen and oxygen atoms in total. The zero-order valence-electron chi connectivity index (χ0n) is 21.5. The number of anilines is 2. The monoisotopic (exact) mass is 516 g/mol. The molecule has 0 radical (unpaired) electrons. The van der Waals surface area contributed by atoms with Gasteiger partial charge in [0.1, 0.15) is 5.82 Å². The number of halogens is 2. The standard InChI is InChI=1S/C31H33FN4.ClH/c1-3-4-18-36(2)19-17-22-13-15-24(16-14-22)34-31-33-21-23-20-28(26-10-7-8-12-29(26)32)25-9-5-6-11-27(25)30(23)35-31;/h5-16,21,28H,3-4,17-20H2,1-2H3,(H,33,34,35);1H. The van der Waals surface area contributed by atoms with Gasteiger partial charge in [-0.25, -0.2) is 14.4 Å². The topological polar surface area (TPSA) is 41.0 Å². The smallest absolute Gasteiger partial charge is 0.227 e. The summed E-state index contributed by atoms with van der Waals surface area (Å²) in [5, 5.41) is 3.36. The molecule has 1 atom stereocenters. The van der Waals surface area contributed by atoms with Gasteiger partial charge < -0.3 is 10.2 Å². The summed E-state index contributed by atoms with van der Waals surface area (Å²) in [4.78, 5) is 11.9. The van der Waals surface area contributed by atoms with Crippen LogP contribution in [0.2, 0.25) is 0 Å². The van der Waals surface area contributed by atoms with Gasteiger partial charge in [-0.1, -0.05) is 67.9 Å². The van der Waals surface area contributed by atoms with E-state index in [0.717, 1.165) is 53.1 Å². The molecule has 4 aromatic rings. The first-order chi connectivity index (χ1) is 17.6. The van der Waals surface area contributed by atoms with Crippen molar-refractivity contribution in [1.82, 2.24) is 14.9 Å². The van der Waals surface area contributed by atoms with E-state index in [1.54, 1.807) is 6.07 Å². The van der Waals surface area contributed by atoms with E-state index in [2.05, 4.69) is 65.6 Å². The van der Waals surface area contributed by atoms with Crippen LogP contribution in [-0.4, -0.2) is 35.0 Å². The Labute approximate surface area is 225 Å². The Morgan fingerprint density at radius 2 is 1.68 bits per heavy atom. The number of nitrogens with zero attached hydrogens (tertiary/aromatic N) is 3. The first kappa shape index (κ1) is 26.8. The summed E-state index contributed by atoms with van der Waals surface area (Å²) in [6, 6.07) is 23.8. The predicted octanol–water partition coefficient (Wildman–Crippen LogP) is 7.41. The molecule has 0 saturated carbocycles. The minimum absolute atomic E-state index is 0. The molecule has 6 heteroatoms. The van der Waals surface area contributed by atoms with Crippen LogP contribution in [0.1, 0.15) is 47.9 Å². The van der Waals surface area contributed by atoms with Crippen molar-refractivity contribution in [2.75, 3.05) is 25.5 Å². The number of hydrogen-bond acceptors (Lipinski definition) is 4. The highest BCUT2D eigenvalue weighted by atomic mass is 35.5. The molecule has 3 aromatic carbocycles. The van der Waals surface area contributed by atoms with Crippen molar-refractivity contribution in [1.29, 1.82) is 0 Å². The molecule has 37 heavy (non-hydrogen) atoms. The lowest BCUT2D eigenvalue weighted by atomic mass is 9.78. The van der Waals surface area contributed by atoms with Crippen LogP contribution in [0.15, 0.2) is 79.0 Å². The van der Waals surface area contributed by atoms with Crippen molar-refractivity contribution in [3.05, 3.63) is 107 Å². The van der Waals surface area contributed by atoms with Gasteiger partial charge in [0.05, 0.1) is 5.69 Å². The molecule has 0 fully saturated rings. The number of nitrogens with one attached hydrogen (secondary N) is 1. The second kappa shape index (κ2) is 12.3. The quantitative estimate of drug-likeness (QED) is 0.251. The molecule has 1 unspecified atom stereocenters. The largest absolute Gasteiger partial charge is 0.324 e. The van der Waals surface area contributed by atoms with Crippen molar-refractivity contribution in [3.63, 3.8) is 0 Å². The lowest BCUT2D eigenvalue weighted by Gasteiger charge is -2.27. The number of likely N-dealkylation sites (N-methyl/N-ethyl adjacent to an activating group) is 1. The predicted molar refractivity (Wildman–Crippen MR) is 152 cm³/mol. The van der Waals surface area contributed by atoms with Gasteiger partial charge in [0.2, 0.25) is 5.95 Å². The summed E-state index contributed by atoms with van der Waals surface area (Å²) < 4.78 is 14.7. The molecule has 0 spiro atoms. The molecule has 0 aliphatic heterocycles. The van der Waals surface area contributed by atoms with Gasteiger partial charge >= 0.3 is 0 Å². The first-order valence-corrected chi connectivity index (χ1v) is 12.9. The van der Waals surface area contributed by atoms with Crippen molar-refractivity contribution >= 4 is 24.0 Å². The Kier molecular flexibility index (Phi) is 8.91. The number of rotatable bonds is 9. The van der Waals surface area contributed by atoms with Crippen molar-refractivity contribution in [3.8, 4) is 11.3 Å². The van der Waals surface area contributed by atoms with Gasteiger partial charge in [-0.3, -0.25) is 0 Å². The molecule has 1 aromatic heterocycles.